The molecule has 0 saturated carbocycles. The predicted octanol–water partition coefficient (Wildman–Crippen LogP) is 4.82. The molecule has 0 aliphatic carbocycles. The highest BCUT2D eigenvalue weighted by atomic mass is 19.4. The fraction of sp³-hybridized carbons (Fsp3) is 0.273. The average molecular weight is 446 g/mol. The molecule has 0 fully saturated rings. The fourth-order valence-corrected chi connectivity index (χ4v) is 3.68. The molecule has 0 unspecified atom stereocenters. The number of phenolic OH excluding ortho intramolecular Hbond substituents is 1. The van der Waals surface area contributed by atoms with Gasteiger partial charge in [-0.25, -0.2) is 4.68 Å². The third kappa shape index (κ3) is 4.20. The number of alkyl halides is 3. The van der Waals surface area contributed by atoms with Crippen LogP contribution in [0.1, 0.15) is 40.1 Å². The molecular weight excluding hydrogens is 425 g/mol. The Bertz CT molecular complexity index is 1140. The molecule has 32 heavy (non-hydrogen) atoms. The number of benzene rings is 2. The van der Waals surface area contributed by atoms with Gasteiger partial charge in [-0.05, 0) is 42.3 Å². The lowest BCUT2D eigenvalue weighted by molar-refractivity contribution is -0.173. The lowest BCUT2D eigenvalue weighted by atomic mass is 9.97. The highest BCUT2D eigenvalue weighted by Gasteiger charge is 2.46. The Balaban J connectivity index is 1.64. The molecule has 10 heteroatoms. The number of aryl methyl sites for hydroxylation is 1. The first-order valence-corrected chi connectivity index (χ1v) is 9.83. The van der Waals surface area contributed by atoms with Crippen molar-refractivity contribution >= 4 is 17.4 Å². The molecule has 2 heterocycles. The zero-order valence-corrected chi connectivity index (χ0v) is 17.3. The number of carbonyl (C=O) groups is 1. The molecule has 0 bridgehead atoms. The number of methoxy groups -OCH3 is 1. The molecule has 0 saturated heterocycles. The van der Waals surface area contributed by atoms with Gasteiger partial charge in [0.25, 0.3) is 5.91 Å². The van der Waals surface area contributed by atoms with Crippen LogP contribution in [0.4, 0.5) is 24.7 Å². The standard InChI is InChI=1S/C22H21F3N4O3/c1-12-3-8-18(30)16(9-12)27-21(31)17-11-20-26-15(13-4-6-14(32-2)7-5-13)10-19(22(23,24)25)29(20)28-17/h3-9,11,15,19,26,30H,10H2,1-2H3,(H,27,31)/t15-,19+/m1/s1. The fourth-order valence-electron chi connectivity index (χ4n) is 3.68. The molecule has 2 atom stereocenters. The summed E-state index contributed by atoms with van der Waals surface area (Å²) in [5, 5.41) is 19.4. The van der Waals surface area contributed by atoms with Crippen LogP contribution in [0, 0.1) is 6.92 Å². The van der Waals surface area contributed by atoms with Gasteiger partial charge in [0.1, 0.15) is 17.3 Å². The van der Waals surface area contributed by atoms with Crippen molar-refractivity contribution in [3.05, 3.63) is 65.4 Å². The lowest BCUT2D eigenvalue weighted by Gasteiger charge is -2.33. The van der Waals surface area contributed by atoms with Crippen molar-refractivity contribution < 1.29 is 27.8 Å². The number of carbonyl (C=O) groups excluding carboxylic acids is 1. The minimum atomic E-state index is -4.56. The summed E-state index contributed by atoms with van der Waals surface area (Å²) in [5.41, 5.74) is 1.40. The predicted molar refractivity (Wildman–Crippen MR) is 112 cm³/mol. The number of fused-ring (bicyclic) bond motifs is 1. The largest absolute Gasteiger partial charge is 0.506 e. The summed E-state index contributed by atoms with van der Waals surface area (Å²) in [5.74, 6) is -0.200. The van der Waals surface area contributed by atoms with Crippen molar-refractivity contribution in [2.75, 3.05) is 17.7 Å². The summed E-state index contributed by atoms with van der Waals surface area (Å²) >= 11 is 0. The SMILES string of the molecule is COc1ccc([C@H]2C[C@@H](C(F)(F)F)n3nc(C(=O)Nc4cc(C)ccc4O)cc3N2)cc1. The van der Waals surface area contributed by atoms with Gasteiger partial charge in [-0.1, -0.05) is 18.2 Å². The summed E-state index contributed by atoms with van der Waals surface area (Å²) in [6.45, 7) is 1.78. The maximum atomic E-state index is 13.8. The van der Waals surface area contributed by atoms with E-state index in [0.717, 1.165) is 10.2 Å². The van der Waals surface area contributed by atoms with Crippen molar-refractivity contribution in [3.63, 3.8) is 0 Å². The van der Waals surface area contributed by atoms with Crippen LogP contribution >= 0.6 is 0 Å². The molecular formula is C22H21F3N4O3. The maximum absolute atomic E-state index is 13.8. The van der Waals surface area contributed by atoms with Crippen molar-refractivity contribution in [1.29, 1.82) is 0 Å². The van der Waals surface area contributed by atoms with E-state index in [1.165, 1.54) is 19.2 Å². The summed E-state index contributed by atoms with van der Waals surface area (Å²) in [4.78, 5) is 12.7. The van der Waals surface area contributed by atoms with Crippen LogP contribution in [0.3, 0.4) is 0 Å². The summed E-state index contributed by atoms with van der Waals surface area (Å²) in [6.07, 6.45) is -4.85. The first-order chi connectivity index (χ1) is 15.2. The number of aromatic nitrogens is 2. The average Bonchev–Trinajstić information content (AvgIpc) is 3.19. The van der Waals surface area contributed by atoms with Gasteiger partial charge < -0.3 is 20.5 Å². The first kappa shape index (κ1) is 21.5. The molecule has 3 aromatic rings. The number of hydrogen-bond acceptors (Lipinski definition) is 5. The Morgan fingerprint density at radius 1 is 1.22 bits per heavy atom. The van der Waals surface area contributed by atoms with Crippen LogP contribution in [-0.2, 0) is 0 Å². The van der Waals surface area contributed by atoms with E-state index < -0.39 is 24.2 Å². The van der Waals surface area contributed by atoms with Gasteiger partial charge in [0.15, 0.2) is 11.7 Å². The summed E-state index contributed by atoms with van der Waals surface area (Å²) in [7, 11) is 1.51. The van der Waals surface area contributed by atoms with Crippen molar-refractivity contribution in [2.45, 2.75) is 31.6 Å². The van der Waals surface area contributed by atoms with Gasteiger partial charge in [0.2, 0.25) is 0 Å². The van der Waals surface area contributed by atoms with E-state index in [4.69, 9.17) is 4.74 Å². The third-order valence-corrected chi connectivity index (χ3v) is 5.34. The molecule has 3 N–H and O–H groups in total. The van der Waals surface area contributed by atoms with E-state index in [2.05, 4.69) is 15.7 Å². The minimum Gasteiger partial charge on any atom is -0.506 e. The second-order valence-corrected chi connectivity index (χ2v) is 7.60. The molecule has 7 nitrogen and oxygen atoms in total. The smallest absolute Gasteiger partial charge is 0.410 e. The van der Waals surface area contributed by atoms with Gasteiger partial charge in [-0.2, -0.15) is 18.3 Å². The molecule has 2 aromatic carbocycles. The van der Waals surface area contributed by atoms with E-state index >= 15 is 0 Å². The zero-order valence-electron chi connectivity index (χ0n) is 17.3. The van der Waals surface area contributed by atoms with Crippen molar-refractivity contribution in [1.82, 2.24) is 9.78 Å². The number of nitrogens with one attached hydrogen (secondary N) is 2. The highest BCUT2D eigenvalue weighted by Crippen LogP contribution is 2.43. The van der Waals surface area contributed by atoms with E-state index in [0.29, 0.717) is 11.3 Å². The topological polar surface area (TPSA) is 88.4 Å². The molecule has 1 amide bonds. The molecule has 1 aliphatic heterocycles. The van der Waals surface area contributed by atoms with Crippen molar-refractivity contribution in [3.8, 4) is 11.5 Å². The maximum Gasteiger partial charge on any atom is 0.410 e. The van der Waals surface area contributed by atoms with Crippen LogP contribution in [0.25, 0.3) is 0 Å². The number of anilines is 2. The molecule has 4 rings (SSSR count). The van der Waals surface area contributed by atoms with Gasteiger partial charge in [0.05, 0.1) is 18.8 Å². The van der Waals surface area contributed by atoms with Crippen LogP contribution in [0.2, 0.25) is 0 Å². The van der Waals surface area contributed by atoms with Crippen LogP contribution in [-0.4, -0.2) is 34.1 Å². The summed E-state index contributed by atoms with van der Waals surface area (Å²) < 4.78 is 47.4. The molecule has 0 spiro atoms. The quantitative estimate of drug-likeness (QED) is 0.500. The Kier molecular flexibility index (Phi) is 5.45. The minimum absolute atomic E-state index is 0.0815. The second kappa shape index (κ2) is 8.10. The van der Waals surface area contributed by atoms with E-state index in [9.17, 15) is 23.1 Å². The Labute approximate surface area is 181 Å². The van der Waals surface area contributed by atoms with Crippen LogP contribution in [0.15, 0.2) is 48.5 Å². The van der Waals surface area contributed by atoms with Gasteiger partial charge in [-0.15, -0.1) is 0 Å². The molecule has 168 valence electrons. The number of aromatic hydroxyl groups is 1. The van der Waals surface area contributed by atoms with E-state index in [-0.39, 0.29) is 29.4 Å². The molecule has 1 aromatic heterocycles. The number of hydrogen-bond donors (Lipinski definition) is 3. The third-order valence-electron chi connectivity index (χ3n) is 5.34. The monoisotopic (exact) mass is 446 g/mol. The summed E-state index contributed by atoms with van der Waals surface area (Å²) in [6, 6.07) is 10.1. The molecule has 0 radical (unpaired) electrons. The zero-order chi connectivity index (χ0) is 23.0. The number of rotatable bonds is 4. The van der Waals surface area contributed by atoms with Crippen LogP contribution < -0.4 is 15.4 Å². The van der Waals surface area contributed by atoms with Gasteiger partial charge >= 0.3 is 6.18 Å². The number of amides is 1. The Morgan fingerprint density at radius 2 is 1.94 bits per heavy atom. The van der Waals surface area contributed by atoms with Crippen molar-refractivity contribution in [2.24, 2.45) is 0 Å². The van der Waals surface area contributed by atoms with E-state index in [1.807, 2.05) is 0 Å². The number of phenols is 1. The normalized spacial score (nSPS) is 17.9. The highest BCUT2D eigenvalue weighted by molar-refractivity contribution is 6.04. The Morgan fingerprint density at radius 3 is 2.59 bits per heavy atom. The van der Waals surface area contributed by atoms with Gasteiger partial charge in [0, 0.05) is 12.5 Å². The Hall–Kier alpha value is -3.69. The number of halogens is 3. The number of ether oxygens (including phenoxy) is 1. The second-order valence-electron chi connectivity index (χ2n) is 7.60. The van der Waals surface area contributed by atoms with Crippen LogP contribution in [0.5, 0.6) is 11.5 Å². The molecule has 1 aliphatic rings. The lowest BCUT2D eigenvalue weighted by Crippen LogP contribution is -2.35. The number of nitrogens with zero attached hydrogens (tertiary/aromatic N) is 2. The van der Waals surface area contributed by atoms with E-state index in [1.54, 1.807) is 43.3 Å². The van der Waals surface area contributed by atoms with Gasteiger partial charge in [-0.3, -0.25) is 4.79 Å². The first-order valence-electron chi connectivity index (χ1n) is 9.83.